The Morgan fingerprint density at radius 2 is 2.24 bits per heavy atom. The fourth-order valence-corrected chi connectivity index (χ4v) is 2.11. The van der Waals surface area contributed by atoms with E-state index in [-0.39, 0.29) is 0 Å². The predicted octanol–water partition coefficient (Wildman–Crippen LogP) is 2.74. The molecule has 0 spiro atoms. The summed E-state index contributed by atoms with van der Waals surface area (Å²) in [4.78, 5) is 0. The minimum atomic E-state index is 0.351. The monoisotopic (exact) mass is 243 g/mol. The molecule has 1 heterocycles. The molecule has 0 aliphatic carbocycles. The third-order valence-electron chi connectivity index (χ3n) is 3.23. The Labute approximate surface area is 106 Å². The second-order valence-electron chi connectivity index (χ2n) is 5.02. The molecule has 3 nitrogen and oxygen atoms in total. The maximum absolute atomic E-state index is 5.84. The lowest BCUT2D eigenvalue weighted by atomic mass is 10.1. The van der Waals surface area contributed by atoms with Crippen LogP contribution in [0.5, 0.6) is 0 Å². The van der Waals surface area contributed by atoms with Gasteiger partial charge in [0.1, 0.15) is 0 Å². The van der Waals surface area contributed by atoms with E-state index in [0.717, 1.165) is 32.7 Å². The quantitative estimate of drug-likeness (QED) is 0.632. The van der Waals surface area contributed by atoms with Gasteiger partial charge in [0.2, 0.25) is 0 Å². The lowest BCUT2D eigenvalue weighted by molar-refractivity contribution is -0.0606. The van der Waals surface area contributed by atoms with Crippen molar-refractivity contribution in [3.8, 4) is 0 Å². The van der Waals surface area contributed by atoms with Gasteiger partial charge in [-0.05, 0) is 58.5 Å². The van der Waals surface area contributed by atoms with E-state index >= 15 is 0 Å². The number of ether oxygens (including phenoxy) is 2. The molecule has 2 atom stereocenters. The molecule has 0 radical (unpaired) electrons. The smallest absolute Gasteiger partial charge is 0.0808 e. The van der Waals surface area contributed by atoms with Gasteiger partial charge in [0.25, 0.3) is 0 Å². The lowest BCUT2D eigenvalue weighted by Crippen LogP contribution is -2.27. The van der Waals surface area contributed by atoms with Gasteiger partial charge in [0, 0.05) is 6.61 Å². The number of hydrogen-bond donors (Lipinski definition) is 1. The van der Waals surface area contributed by atoms with Gasteiger partial charge in [0.05, 0.1) is 18.8 Å². The number of rotatable bonds is 9. The molecule has 1 saturated heterocycles. The van der Waals surface area contributed by atoms with E-state index in [1.54, 1.807) is 0 Å². The SMILES string of the molecule is CCCNCCCC(C)OCC1CCCCO1. The van der Waals surface area contributed by atoms with E-state index < -0.39 is 0 Å². The molecule has 1 rings (SSSR count). The van der Waals surface area contributed by atoms with Crippen LogP contribution in [0.3, 0.4) is 0 Å². The Hall–Kier alpha value is -0.120. The zero-order chi connectivity index (χ0) is 12.3. The fourth-order valence-electron chi connectivity index (χ4n) is 2.11. The van der Waals surface area contributed by atoms with Crippen LogP contribution in [0.4, 0.5) is 0 Å². The first kappa shape index (κ1) is 14.9. The maximum Gasteiger partial charge on any atom is 0.0808 e. The topological polar surface area (TPSA) is 30.5 Å². The Morgan fingerprint density at radius 1 is 1.35 bits per heavy atom. The van der Waals surface area contributed by atoms with Crippen LogP contribution in [0.15, 0.2) is 0 Å². The zero-order valence-electron chi connectivity index (χ0n) is 11.5. The summed E-state index contributed by atoms with van der Waals surface area (Å²) in [5.74, 6) is 0. The Kier molecular flexibility index (Phi) is 8.67. The maximum atomic E-state index is 5.84. The molecule has 0 bridgehead atoms. The van der Waals surface area contributed by atoms with Crippen molar-refractivity contribution in [2.45, 2.75) is 64.6 Å². The third-order valence-corrected chi connectivity index (χ3v) is 3.23. The van der Waals surface area contributed by atoms with Crippen LogP contribution >= 0.6 is 0 Å². The molecule has 1 fully saturated rings. The third kappa shape index (κ3) is 7.74. The summed E-state index contributed by atoms with van der Waals surface area (Å²) in [5.41, 5.74) is 0. The van der Waals surface area contributed by atoms with Crippen molar-refractivity contribution < 1.29 is 9.47 Å². The Balaban J connectivity index is 1.91. The molecule has 3 heteroatoms. The summed E-state index contributed by atoms with van der Waals surface area (Å²) in [6.45, 7) is 8.31. The summed E-state index contributed by atoms with van der Waals surface area (Å²) < 4.78 is 11.5. The highest BCUT2D eigenvalue weighted by Crippen LogP contribution is 2.14. The van der Waals surface area contributed by atoms with Crippen LogP contribution < -0.4 is 5.32 Å². The van der Waals surface area contributed by atoms with Crippen molar-refractivity contribution in [3.05, 3.63) is 0 Å². The first-order valence-electron chi connectivity index (χ1n) is 7.27. The Morgan fingerprint density at radius 3 is 2.94 bits per heavy atom. The zero-order valence-corrected chi connectivity index (χ0v) is 11.5. The van der Waals surface area contributed by atoms with E-state index in [1.165, 1.54) is 32.1 Å². The van der Waals surface area contributed by atoms with Gasteiger partial charge in [0.15, 0.2) is 0 Å². The van der Waals surface area contributed by atoms with Gasteiger partial charge >= 0.3 is 0 Å². The van der Waals surface area contributed by atoms with Crippen molar-refractivity contribution >= 4 is 0 Å². The summed E-state index contributed by atoms with van der Waals surface area (Å²) in [6, 6.07) is 0. The van der Waals surface area contributed by atoms with Crippen molar-refractivity contribution in [2.75, 3.05) is 26.3 Å². The molecule has 1 aliphatic rings. The van der Waals surface area contributed by atoms with Crippen LogP contribution in [0, 0.1) is 0 Å². The highest BCUT2D eigenvalue weighted by atomic mass is 16.5. The van der Waals surface area contributed by atoms with Gasteiger partial charge in [-0.15, -0.1) is 0 Å². The first-order valence-corrected chi connectivity index (χ1v) is 7.27. The Bertz CT molecular complexity index is 170. The summed E-state index contributed by atoms with van der Waals surface area (Å²) in [6.07, 6.45) is 7.96. The standard InChI is InChI=1S/C14H29NO2/c1-3-9-15-10-6-7-13(2)17-12-14-8-4-5-11-16-14/h13-15H,3-12H2,1-2H3. The average Bonchev–Trinajstić information content (AvgIpc) is 2.37. The molecule has 0 aromatic carbocycles. The second kappa shape index (κ2) is 9.86. The highest BCUT2D eigenvalue weighted by molar-refractivity contribution is 4.63. The minimum absolute atomic E-state index is 0.351. The minimum Gasteiger partial charge on any atom is -0.376 e. The number of nitrogens with one attached hydrogen (secondary N) is 1. The molecule has 1 aliphatic heterocycles. The van der Waals surface area contributed by atoms with Gasteiger partial charge in [-0.3, -0.25) is 0 Å². The number of hydrogen-bond acceptors (Lipinski definition) is 3. The summed E-state index contributed by atoms with van der Waals surface area (Å²) >= 11 is 0. The largest absolute Gasteiger partial charge is 0.376 e. The molecule has 2 unspecified atom stereocenters. The molecule has 0 amide bonds. The molecular weight excluding hydrogens is 214 g/mol. The van der Waals surface area contributed by atoms with Crippen molar-refractivity contribution in [3.63, 3.8) is 0 Å². The molecule has 1 N–H and O–H groups in total. The molecule has 0 aromatic heterocycles. The predicted molar refractivity (Wildman–Crippen MR) is 71.4 cm³/mol. The van der Waals surface area contributed by atoms with Crippen molar-refractivity contribution in [1.29, 1.82) is 0 Å². The molecule has 0 aromatic rings. The van der Waals surface area contributed by atoms with E-state index in [1.807, 2.05) is 0 Å². The first-order chi connectivity index (χ1) is 8.33. The fraction of sp³-hybridized carbons (Fsp3) is 1.00. The van der Waals surface area contributed by atoms with Gasteiger partial charge in [-0.1, -0.05) is 6.92 Å². The van der Waals surface area contributed by atoms with E-state index in [9.17, 15) is 0 Å². The van der Waals surface area contributed by atoms with Gasteiger partial charge in [-0.2, -0.15) is 0 Å². The van der Waals surface area contributed by atoms with Crippen LogP contribution in [-0.4, -0.2) is 38.5 Å². The van der Waals surface area contributed by atoms with Crippen LogP contribution in [-0.2, 0) is 9.47 Å². The molecule has 102 valence electrons. The molecular formula is C14H29NO2. The normalized spacial score (nSPS) is 22.6. The molecule has 17 heavy (non-hydrogen) atoms. The van der Waals surface area contributed by atoms with E-state index in [2.05, 4.69) is 19.2 Å². The summed E-state index contributed by atoms with van der Waals surface area (Å²) in [5, 5.41) is 3.42. The average molecular weight is 243 g/mol. The van der Waals surface area contributed by atoms with Crippen molar-refractivity contribution in [2.24, 2.45) is 0 Å². The van der Waals surface area contributed by atoms with Crippen LogP contribution in [0.1, 0.15) is 52.4 Å². The highest BCUT2D eigenvalue weighted by Gasteiger charge is 2.15. The van der Waals surface area contributed by atoms with E-state index in [0.29, 0.717) is 12.2 Å². The van der Waals surface area contributed by atoms with E-state index in [4.69, 9.17) is 9.47 Å². The van der Waals surface area contributed by atoms with Crippen LogP contribution in [0.2, 0.25) is 0 Å². The second-order valence-corrected chi connectivity index (χ2v) is 5.02. The molecule has 0 saturated carbocycles. The van der Waals surface area contributed by atoms with Gasteiger partial charge in [-0.25, -0.2) is 0 Å². The van der Waals surface area contributed by atoms with Gasteiger partial charge < -0.3 is 14.8 Å². The summed E-state index contributed by atoms with van der Waals surface area (Å²) in [7, 11) is 0. The lowest BCUT2D eigenvalue weighted by Gasteiger charge is -2.24. The van der Waals surface area contributed by atoms with Crippen LogP contribution in [0.25, 0.3) is 0 Å². The van der Waals surface area contributed by atoms with Crippen molar-refractivity contribution in [1.82, 2.24) is 5.32 Å².